The lowest BCUT2D eigenvalue weighted by Gasteiger charge is -1.93. The Morgan fingerprint density at radius 3 is 2.79 bits per heavy atom. The monoisotopic (exact) mass is 204 g/mol. The van der Waals surface area contributed by atoms with E-state index in [9.17, 15) is 0 Å². The first-order chi connectivity index (χ1) is 6.97. The van der Waals surface area contributed by atoms with Crippen molar-refractivity contribution in [3.05, 3.63) is 52.8 Å². The van der Waals surface area contributed by atoms with Gasteiger partial charge in [0.15, 0.2) is 0 Å². The van der Waals surface area contributed by atoms with E-state index < -0.39 is 0 Å². The van der Waals surface area contributed by atoms with Crippen LogP contribution in [0.25, 0.3) is 5.57 Å². The number of allylic oxidation sites excluding steroid dienone is 6. The molecule has 1 aromatic heterocycles. The van der Waals surface area contributed by atoms with Crippen LogP contribution < -0.4 is 0 Å². The molecule has 1 aliphatic carbocycles. The van der Waals surface area contributed by atoms with Gasteiger partial charge in [-0.1, -0.05) is 50.3 Å². The maximum atomic E-state index is 2.19. The molecule has 0 unspecified atom stereocenters. The number of hydrogen-bond acceptors (Lipinski definition) is 1. The van der Waals surface area contributed by atoms with E-state index in [1.165, 1.54) is 10.5 Å². The van der Waals surface area contributed by atoms with E-state index in [4.69, 9.17) is 0 Å². The minimum Gasteiger partial charge on any atom is -0.144 e. The summed E-state index contributed by atoms with van der Waals surface area (Å²) in [5.74, 6) is 0. The molecule has 1 heteroatoms. The van der Waals surface area contributed by atoms with E-state index >= 15 is 0 Å². The van der Waals surface area contributed by atoms with Gasteiger partial charge in [-0.25, -0.2) is 0 Å². The van der Waals surface area contributed by atoms with Crippen LogP contribution in [0.3, 0.4) is 0 Å². The lowest BCUT2D eigenvalue weighted by molar-refractivity contribution is 1.41. The van der Waals surface area contributed by atoms with Crippen LogP contribution in [-0.2, 0) is 0 Å². The minimum atomic E-state index is 1.05. The van der Waals surface area contributed by atoms with Gasteiger partial charge in [-0.05, 0) is 23.4 Å². The smallest absolute Gasteiger partial charge is 0.0342 e. The zero-order chi connectivity index (χ0) is 10.2. The second kappa shape index (κ2) is 6.39. The fraction of sp³-hybridized carbons (Fsp3) is 0.231. The Labute approximate surface area is 90.3 Å². The van der Waals surface area contributed by atoms with Crippen LogP contribution >= 0.6 is 11.3 Å². The average Bonchev–Trinajstić information content (AvgIpc) is 2.64. The molecule has 1 aromatic rings. The van der Waals surface area contributed by atoms with Gasteiger partial charge in [0.05, 0.1) is 0 Å². The van der Waals surface area contributed by atoms with Crippen molar-refractivity contribution < 1.29 is 0 Å². The third-order valence-corrected chi connectivity index (χ3v) is 2.71. The molecule has 0 atom stereocenters. The number of rotatable bonds is 1. The van der Waals surface area contributed by atoms with E-state index in [1.54, 1.807) is 11.3 Å². The highest BCUT2D eigenvalue weighted by molar-refractivity contribution is 7.11. The predicted octanol–water partition coefficient (Wildman–Crippen LogP) is 4.67. The fourth-order valence-electron chi connectivity index (χ4n) is 1.19. The largest absolute Gasteiger partial charge is 0.144 e. The van der Waals surface area contributed by atoms with Crippen LogP contribution in [-0.4, -0.2) is 0 Å². The average molecular weight is 204 g/mol. The summed E-state index contributed by atoms with van der Waals surface area (Å²) >= 11 is 1.79. The molecule has 1 aliphatic rings. The predicted molar refractivity (Wildman–Crippen MR) is 66.5 cm³/mol. The van der Waals surface area contributed by atoms with Crippen molar-refractivity contribution in [1.29, 1.82) is 0 Å². The molecule has 0 aromatic carbocycles. The second-order valence-corrected chi connectivity index (χ2v) is 3.61. The summed E-state index contributed by atoms with van der Waals surface area (Å²) in [5.41, 5.74) is 1.32. The highest BCUT2D eigenvalue weighted by Gasteiger charge is 1.97. The van der Waals surface area contributed by atoms with Crippen LogP contribution in [0.2, 0.25) is 0 Å². The van der Waals surface area contributed by atoms with Crippen molar-refractivity contribution in [2.24, 2.45) is 0 Å². The van der Waals surface area contributed by atoms with Gasteiger partial charge in [0.2, 0.25) is 0 Å². The van der Waals surface area contributed by atoms with Gasteiger partial charge < -0.3 is 0 Å². The SMILES string of the molecule is C1=CCC=CC(c2cccs2)=C1.CC. The van der Waals surface area contributed by atoms with Gasteiger partial charge in [0, 0.05) is 4.88 Å². The summed E-state index contributed by atoms with van der Waals surface area (Å²) in [6.07, 6.45) is 11.9. The van der Waals surface area contributed by atoms with Gasteiger partial charge in [0.25, 0.3) is 0 Å². The first-order valence-corrected chi connectivity index (χ1v) is 5.92. The van der Waals surface area contributed by atoms with Gasteiger partial charge >= 0.3 is 0 Å². The molecule has 0 saturated heterocycles. The normalized spacial score (nSPS) is 14.0. The maximum Gasteiger partial charge on any atom is 0.0342 e. The van der Waals surface area contributed by atoms with Crippen molar-refractivity contribution in [1.82, 2.24) is 0 Å². The zero-order valence-corrected chi connectivity index (χ0v) is 9.55. The molecule has 0 fully saturated rings. The van der Waals surface area contributed by atoms with E-state index in [0.717, 1.165) is 6.42 Å². The van der Waals surface area contributed by atoms with Gasteiger partial charge in [-0.2, -0.15) is 0 Å². The summed E-state index contributed by atoms with van der Waals surface area (Å²) in [4.78, 5) is 1.35. The minimum absolute atomic E-state index is 1.05. The lowest BCUT2D eigenvalue weighted by atomic mass is 10.2. The molecule has 14 heavy (non-hydrogen) atoms. The fourth-order valence-corrected chi connectivity index (χ4v) is 1.92. The molecule has 0 saturated carbocycles. The molecule has 0 spiro atoms. The third kappa shape index (κ3) is 3.00. The van der Waals surface area contributed by atoms with E-state index in [0.29, 0.717) is 0 Å². The summed E-state index contributed by atoms with van der Waals surface area (Å²) < 4.78 is 0. The summed E-state index contributed by atoms with van der Waals surface area (Å²) in [7, 11) is 0. The van der Waals surface area contributed by atoms with Crippen LogP contribution in [0.4, 0.5) is 0 Å². The van der Waals surface area contributed by atoms with Crippen molar-refractivity contribution in [2.75, 3.05) is 0 Å². The van der Waals surface area contributed by atoms with Gasteiger partial charge in [0.1, 0.15) is 0 Å². The molecule has 74 valence electrons. The van der Waals surface area contributed by atoms with Gasteiger partial charge in [-0.15, -0.1) is 11.3 Å². The topological polar surface area (TPSA) is 0 Å². The highest BCUT2D eigenvalue weighted by atomic mass is 32.1. The molecule has 0 nitrogen and oxygen atoms in total. The van der Waals surface area contributed by atoms with Crippen molar-refractivity contribution in [2.45, 2.75) is 20.3 Å². The quantitative estimate of drug-likeness (QED) is 0.623. The Morgan fingerprint density at radius 2 is 2.07 bits per heavy atom. The van der Waals surface area contributed by atoms with E-state index in [1.807, 2.05) is 13.8 Å². The van der Waals surface area contributed by atoms with Crippen molar-refractivity contribution >= 4 is 16.9 Å². The molecule has 0 bridgehead atoms. The maximum absolute atomic E-state index is 2.19. The Balaban J connectivity index is 0.000000461. The van der Waals surface area contributed by atoms with E-state index in [2.05, 4.69) is 47.9 Å². The van der Waals surface area contributed by atoms with Crippen LogP contribution in [0.5, 0.6) is 0 Å². The highest BCUT2D eigenvalue weighted by Crippen LogP contribution is 2.22. The molecule has 0 radical (unpaired) electrons. The first kappa shape index (κ1) is 11.0. The Morgan fingerprint density at radius 1 is 1.21 bits per heavy atom. The Bertz CT molecular complexity index is 326. The van der Waals surface area contributed by atoms with Crippen molar-refractivity contribution in [3.8, 4) is 0 Å². The zero-order valence-electron chi connectivity index (χ0n) is 8.73. The van der Waals surface area contributed by atoms with Crippen LogP contribution in [0.15, 0.2) is 47.9 Å². The first-order valence-electron chi connectivity index (χ1n) is 5.04. The molecular weight excluding hydrogens is 188 g/mol. The molecular formula is C13H16S. The Hall–Kier alpha value is -1.08. The number of thiophene rings is 1. The second-order valence-electron chi connectivity index (χ2n) is 2.67. The summed E-state index contributed by atoms with van der Waals surface area (Å²) in [5, 5.41) is 2.11. The lowest BCUT2D eigenvalue weighted by Crippen LogP contribution is -1.70. The molecule has 0 N–H and O–H groups in total. The van der Waals surface area contributed by atoms with Crippen molar-refractivity contribution in [3.63, 3.8) is 0 Å². The van der Waals surface area contributed by atoms with Crippen LogP contribution in [0, 0.1) is 0 Å². The standard InChI is InChI=1S/C11H10S.C2H6/c1-2-4-7-10(6-3-1)11-8-5-9-12-11;1-2/h1,3-9H,2H2;1-2H3. The van der Waals surface area contributed by atoms with Gasteiger partial charge in [-0.3, -0.25) is 0 Å². The molecule has 1 heterocycles. The summed E-state index contributed by atoms with van der Waals surface area (Å²) in [6.45, 7) is 4.00. The van der Waals surface area contributed by atoms with E-state index in [-0.39, 0.29) is 0 Å². The van der Waals surface area contributed by atoms with Crippen LogP contribution in [0.1, 0.15) is 25.1 Å². The molecule has 2 rings (SSSR count). The molecule has 0 aliphatic heterocycles. The third-order valence-electron chi connectivity index (χ3n) is 1.79. The molecule has 0 amide bonds. The number of hydrogen-bond donors (Lipinski definition) is 0. The Kier molecular flexibility index (Phi) is 5.02. The summed E-state index contributed by atoms with van der Waals surface area (Å²) in [6, 6.07) is 4.24.